The minimum atomic E-state index is -0.172. The Morgan fingerprint density at radius 3 is 2.64 bits per heavy atom. The van der Waals surface area contributed by atoms with Gasteiger partial charge in [-0.05, 0) is 0 Å². The molecule has 0 radical (unpaired) electrons. The van der Waals surface area contributed by atoms with Gasteiger partial charge in [-0.25, -0.2) is 0 Å². The number of hydrogen-bond donors (Lipinski definition) is 0. The van der Waals surface area contributed by atoms with Crippen LogP contribution in [0.5, 0.6) is 0 Å². The normalized spacial score (nSPS) is 15.8. The second-order valence-electron chi connectivity index (χ2n) is 2.30. The fraction of sp³-hybridized carbons (Fsp3) is 0.111. The summed E-state index contributed by atoms with van der Waals surface area (Å²) in [6.07, 6.45) is 2.19. The molecule has 0 aromatic heterocycles. The Balaban J connectivity index is 2.29. The molecule has 1 heterocycles. The van der Waals surface area contributed by atoms with Crippen LogP contribution in [-0.2, 0) is 3.10 Å². The predicted octanol–water partition coefficient (Wildman–Crippen LogP) is 2.10. The van der Waals surface area contributed by atoms with E-state index in [0.29, 0.717) is 0 Å². The minimum absolute atomic E-state index is 0.172. The van der Waals surface area contributed by atoms with Gasteiger partial charge in [0.15, 0.2) is 0 Å². The number of benzene rings is 1. The molecule has 1 aliphatic rings. The average Bonchev–Trinajstić information content (AvgIpc) is 2.58. The molecular formula is C9H8OTe. The van der Waals surface area contributed by atoms with Crippen molar-refractivity contribution in [3.63, 3.8) is 0 Å². The van der Waals surface area contributed by atoms with Crippen molar-refractivity contribution in [3.05, 3.63) is 42.0 Å². The van der Waals surface area contributed by atoms with E-state index in [-0.39, 0.29) is 21.3 Å². The van der Waals surface area contributed by atoms with E-state index in [1.807, 2.05) is 18.2 Å². The van der Waals surface area contributed by atoms with Gasteiger partial charge in [-0.15, -0.1) is 0 Å². The van der Waals surface area contributed by atoms with Gasteiger partial charge >= 0.3 is 76.6 Å². The zero-order chi connectivity index (χ0) is 7.52. The van der Waals surface area contributed by atoms with Crippen LogP contribution in [0.4, 0.5) is 0 Å². The van der Waals surface area contributed by atoms with Crippen LogP contribution >= 0.6 is 0 Å². The van der Waals surface area contributed by atoms with E-state index in [4.69, 9.17) is 3.10 Å². The summed E-state index contributed by atoms with van der Waals surface area (Å²) in [6, 6.07) is 10.3. The Hall–Kier alpha value is -0.450. The van der Waals surface area contributed by atoms with Gasteiger partial charge < -0.3 is 0 Å². The van der Waals surface area contributed by atoms with Crippen molar-refractivity contribution in [2.45, 2.75) is 4.47 Å². The molecule has 0 amide bonds. The van der Waals surface area contributed by atoms with Crippen LogP contribution in [0.25, 0.3) is 5.76 Å². The molecule has 56 valence electrons. The van der Waals surface area contributed by atoms with Crippen LogP contribution in [0.3, 0.4) is 0 Å². The maximum absolute atomic E-state index is 5.53. The molecule has 1 aromatic carbocycles. The first-order valence-corrected chi connectivity index (χ1v) is 6.12. The molecule has 0 N–H and O–H groups in total. The van der Waals surface area contributed by atoms with Gasteiger partial charge in [-0.2, -0.15) is 0 Å². The topological polar surface area (TPSA) is 9.23 Å². The van der Waals surface area contributed by atoms with Crippen LogP contribution in [0, 0.1) is 0 Å². The Bertz CT molecular complexity index is 266. The Kier molecular flexibility index (Phi) is 2.16. The van der Waals surface area contributed by atoms with Crippen molar-refractivity contribution in [1.82, 2.24) is 0 Å². The Morgan fingerprint density at radius 2 is 2.00 bits per heavy atom. The quantitative estimate of drug-likeness (QED) is 0.702. The summed E-state index contributed by atoms with van der Waals surface area (Å²) in [4.78, 5) is 0. The summed E-state index contributed by atoms with van der Waals surface area (Å²) in [6.45, 7) is 0. The predicted molar refractivity (Wildman–Crippen MR) is 46.1 cm³/mol. The molecule has 0 spiro atoms. The van der Waals surface area contributed by atoms with Crippen LogP contribution in [-0.4, -0.2) is 21.3 Å². The second-order valence-corrected chi connectivity index (χ2v) is 4.40. The zero-order valence-corrected chi connectivity index (χ0v) is 8.32. The second kappa shape index (κ2) is 3.30. The molecule has 0 atom stereocenters. The van der Waals surface area contributed by atoms with Gasteiger partial charge in [0.2, 0.25) is 0 Å². The fourth-order valence-corrected chi connectivity index (χ4v) is 2.66. The average molecular weight is 260 g/mol. The van der Waals surface area contributed by atoms with Gasteiger partial charge in [0.1, 0.15) is 0 Å². The van der Waals surface area contributed by atoms with Crippen LogP contribution in [0.1, 0.15) is 5.56 Å². The Labute approximate surface area is 76.7 Å². The molecule has 11 heavy (non-hydrogen) atoms. The molecule has 0 saturated carbocycles. The van der Waals surface area contributed by atoms with Gasteiger partial charge in [-0.1, -0.05) is 0 Å². The molecule has 0 saturated heterocycles. The van der Waals surface area contributed by atoms with E-state index in [1.165, 1.54) is 10.0 Å². The first-order chi connectivity index (χ1) is 5.47. The van der Waals surface area contributed by atoms with Crippen molar-refractivity contribution in [2.75, 3.05) is 0 Å². The van der Waals surface area contributed by atoms with Crippen LogP contribution < -0.4 is 0 Å². The van der Waals surface area contributed by atoms with Gasteiger partial charge in [0, 0.05) is 0 Å². The summed E-state index contributed by atoms with van der Waals surface area (Å²) in [5.74, 6) is 1.09. The molecule has 1 nitrogen and oxygen atoms in total. The van der Waals surface area contributed by atoms with E-state index >= 15 is 0 Å². The van der Waals surface area contributed by atoms with E-state index in [9.17, 15) is 0 Å². The van der Waals surface area contributed by atoms with Crippen molar-refractivity contribution in [2.24, 2.45) is 0 Å². The molecule has 1 aromatic rings. The molecule has 2 heteroatoms. The third-order valence-electron chi connectivity index (χ3n) is 1.54. The molecule has 0 fully saturated rings. The first-order valence-electron chi connectivity index (χ1n) is 3.52. The molecule has 0 aliphatic carbocycles. The van der Waals surface area contributed by atoms with Gasteiger partial charge in [0.25, 0.3) is 0 Å². The van der Waals surface area contributed by atoms with Crippen LogP contribution in [0.15, 0.2) is 36.4 Å². The standard InChI is InChI=1S/C9H8OTe/c1-2-4-8(5-3-1)9-6-7-11-10-9/h1-6H,7H2. The van der Waals surface area contributed by atoms with E-state index in [2.05, 4.69) is 18.2 Å². The summed E-state index contributed by atoms with van der Waals surface area (Å²) >= 11 is -0.172. The molecule has 2 rings (SSSR count). The zero-order valence-electron chi connectivity index (χ0n) is 5.99. The van der Waals surface area contributed by atoms with Crippen LogP contribution in [0.2, 0.25) is 4.47 Å². The summed E-state index contributed by atoms with van der Waals surface area (Å²) in [7, 11) is 0. The maximum atomic E-state index is 5.53. The fourth-order valence-electron chi connectivity index (χ4n) is 1.01. The van der Waals surface area contributed by atoms with E-state index in [0.717, 1.165) is 5.76 Å². The monoisotopic (exact) mass is 262 g/mol. The van der Waals surface area contributed by atoms with E-state index < -0.39 is 0 Å². The van der Waals surface area contributed by atoms with Gasteiger partial charge in [0.05, 0.1) is 0 Å². The van der Waals surface area contributed by atoms with Crippen molar-refractivity contribution in [3.8, 4) is 0 Å². The van der Waals surface area contributed by atoms with Crippen molar-refractivity contribution >= 4 is 27.1 Å². The number of rotatable bonds is 1. The summed E-state index contributed by atoms with van der Waals surface area (Å²) in [5, 5.41) is 0. The molecule has 1 aliphatic heterocycles. The molecule has 0 unspecified atom stereocenters. The third kappa shape index (κ3) is 1.58. The number of allylic oxidation sites excluding steroid dienone is 1. The summed E-state index contributed by atoms with van der Waals surface area (Å²) < 4.78 is 6.71. The first kappa shape index (κ1) is 7.21. The van der Waals surface area contributed by atoms with Gasteiger partial charge in [-0.3, -0.25) is 0 Å². The molecule has 0 bridgehead atoms. The SMILES string of the molecule is C1=C(c2ccccc2)O[Te]C1. The van der Waals surface area contributed by atoms with E-state index in [1.54, 1.807) is 0 Å². The van der Waals surface area contributed by atoms with Crippen molar-refractivity contribution < 1.29 is 3.10 Å². The third-order valence-corrected chi connectivity index (χ3v) is 3.26. The van der Waals surface area contributed by atoms with Crippen molar-refractivity contribution in [1.29, 1.82) is 0 Å². The molecular weight excluding hydrogens is 252 g/mol. The summed E-state index contributed by atoms with van der Waals surface area (Å²) in [5.41, 5.74) is 1.22. The Morgan fingerprint density at radius 1 is 1.18 bits per heavy atom. The number of hydrogen-bond acceptors (Lipinski definition) is 1.